The van der Waals surface area contributed by atoms with Crippen LogP contribution in [-0.4, -0.2) is 23.8 Å². The Morgan fingerprint density at radius 3 is 2.35 bits per heavy atom. The van der Waals surface area contributed by atoms with Gasteiger partial charge >= 0.3 is 0 Å². The summed E-state index contributed by atoms with van der Waals surface area (Å²) in [5, 5.41) is 3.59. The van der Waals surface area contributed by atoms with E-state index in [0.717, 1.165) is 11.1 Å². The second-order valence-electron chi connectivity index (χ2n) is 7.61. The highest BCUT2D eigenvalue weighted by Gasteiger charge is 2.18. The molecule has 0 atom stereocenters. The first-order valence-electron chi connectivity index (χ1n) is 10.5. The normalized spacial score (nSPS) is 10.6. The van der Waals surface area contributed by atoms with Crippen LogP contribution >= 0.6 is 23.2 Å². The third-order valence-electron chi connectivity index (χ3n) is 5.34. The highest BCUT2D eigenvalue weighted by Crippen LogP contribution is 2.31. The smallest absolute Gasteiger partial charge is 0.258 e. The number of nitrogens with one attached hydrogen (secondary N) is 1. The van der Waals surface area contributed by atoms with Crippen molar-refractivity contribution in [2.45, 2.75) is 6.54 Å². The molecule has 0 aliphatic heterocycles. The molecule has 0 fully saturated rings. The molecule has 0 bridgehead atoms. The highest BCUT2D eigenvalue weighted by molar-refractivity contribution is 6.34. The summed E-state index contributed by atoms with van der Waals surface area (Å²) < 4.78 is 0. The highest BCUT2D eigenvalue weighted by atomic mass is 35.5. The predicted octanol–water partition coefficient (Wildman–Crippen LogP) is 6.26. The molecule has 0 unspecified atom stereocenters. The van der Waals surface area contributed by atoms with Crippen LogP contribution in [0.15, 0.2) is 91.1 Å². The van der Waals surface area contributed by atoms with Crippen LogP contribution in [0.25, 0.3) is 11.3 Å². The molecule has 1 heterocycles. The summed E-state index contributed by atoms with van der Waals surface area (Å²) >= 11 is 12.7. The number of benzene rings is 3. The van der Waals surface area contributed by atoms with Crippen LogP contribution < -0.4 is 10.2 Å². The van der Waals surface area contributed by atoms with Crippen LogP contribution in [0.4, 0.5) is 5.69 Å². The first-order chi connectivity index (χ1) is 16.4. The molecule has 0 saturated heterocycles. The second-order valence-corrected chi connectivity index (χ2v) is 8.42. The van der Waals surface area contributed by atoms with Gasteiger partial charge in [0.25, 0.3) is 11.8 Å². The summed E-state index contributed by atoms with van der Waals surface area (Å²) in [5.74, 6) is -0.577. The van der Waals surface area contributed by atoms with Gasteiger partial charge in [-0.3, -0.25) is 14.6 Å². The fraction of sp³-hybridized carbons (Fsp3) is 0.0741. The number of rotatable bonds is 6. The van der Waals surface area contributed by atoms with Gasteiger partial charge in [-0.2, -0.15) is 0 Å². The lowest BCUT2D eigenvalue weighted by Gasteiger charge is -2.19. The minimum absolute atomic E-state index is 0.204. The maximum atomic E-state index is 13.1. The molecule has 5 nitrogen and oxygen atoms in total. The standard InChI is InChI=1S/C27H21Cl2N3O2/c1-32(20-11-13-23(28)22(16-20)25-9-5-6-14-30-25)27(34)19-10-12-21(24(29)15-19)26(33)31-17-18-7-3-2-4-8-18/h2-16H,17H2,1H3,(H,31,33). The van der Waals surface area contributed by atoms with Crippen LogP contribution in [-0.2, 0) is 6.54 Å². The molecule has 1 aromatic heterocycles. The van der Waals surface area contributed by atoms with Crippen molar-refractivity contribution < 1.29 is 9.59 Å². The number of halogens is 2. The van der Waals surface area contributed by atoms with E-state index in [1.54, 1.807) is 37.5 Å². The quantitative estimate of drug-likeness (QED) is 0.347. The Kier molecular flexibility index (Phi) is 7.26. The lowest BCUT2D eigenvalue weighted by atomic mass is 10.1. The second kappa shape index (κ2) is 10.5. The molecule has 4 rings (SSSR count). The summed E-state index contributed by atoms with van der Waals surface area (Å²) in [4.78, 5) is 31.6. The van der Waals surface area contributed by atoms with Crippen molar-refractivity contribution in [3.63, 3.8) is 0 Å². The average molecular weight is 490 g/mol. The Bertz CT molecular complexity index is 1330. The number of carbonyl (C=O) groups is 2. The van der Waals surface area contributed by atoms with Crippen molar-refractivity contribution in [3.05, 3.63) is 118 Å². The monoisotopic (exact) mass is 489 g/mol. The summed E-state index contributed by atoms with van der Waals surface area (Å²) in [7, 11) is 1.67. The van der Waals surface area contributed by atoms with Crippen molar-refractivity contribution in [3.8, 4) is 11.3 Å². The maximum Gasteiger partial charge on any atom is 0.258 e. The topological polar surface area (TPSA) is 62.3 Å². The van der Waals surface area contributed by atoms with Gasteiger partial charge < -0.3 is 10.2 Å². The molecule has 0 spiro atoms. The zero-order chi connectivity index (χ0) is 24.1. The minimum atomic E-state index is -0.307. The predicted molar refractivity (Wildman–Crippen MR) is 136 cm³/mol. The van der Waals surface area contributed by atoms with E-state index in [-0.39, 0.29) is 16.8 Å². The van der Waals surface area contributed by atoms with E-state index < -0.39 is 0 Å². The van der Waals surface area contributed by atoms with Crippen molar-refractivity contribution in [2.24, 2.45) is 0 Å². The number of carbonyl (C=O) groups excluding carboxylic acids is 2. The molecular weight excluding hydrogens is 469 g/mol. The van der Waals surface area contributed by atoms with E-state index in [1.165, 1.54) is 11.0 Å². The fourth-order valence-electron chi connectivity index (χ4n) is 3.46. The van der Waals surface area contributed by atoms with Gasteiger partial charge in [0.15, 0.2) is 0 Å². The molecule has 34 heavy (non-hydrogen) atoms. The van der Waals surface area contributed by atoms with Gasteiger partial charge in [0.2, 0.25) is 0 Å². The summed E-state index contributed by atoms with van der Waals surface area (Å²) in [5.41, 5.74) is 3.73. The summed E-state index contributed by atoms with van der Waals surface area (Å²) in [6.07, 6.45) is 1.69. The lowest BCUT2D eigenvalue weighted by Crippen LogP contribution is -2.27. The Hall–Kier alpha value is -3.67. The van der Waals surface area contributed by atoms with Crippen LogP contribution in [0.2, 0.25) is 10.0 Å². The number of anilines is 1. The number of amides is 2. The SMILES string of the molecule is CN(C(=O)c1ccc(C(=O)NCc2ccccc2)c(Cl)c1)c1ccc(Cl)c(-c2ccccn2)c1. The third-order valence-corrected chi connectivity index (χ3v) is 5.98. The van der Waals surface area contributed by atoms with Crippen LogP contribution in [0.3, 0.4) is 0 Å². The zero-order valence-electron chi connectivity index (χ0n) is 18.3. The van der Waals surface area contributed by atoms with Crippen LogP contribution in [0.1, 0.15) is 26.3 Å². The fourth-order valence-corrected chi connectivity index (χ4v) is 3.94. The third kappa shape index (κ3) is 5.28. The number of hydrogen-bond donors (Lipinski definition) is 1. The van der Waals surface area contributed by atoms with E-state index in [2.05, 4.69) is 10.3 Å². The molecule has 4 aromatic rings. The van der Waals surface area contributed by atoms with Crippen molar-refractivity contribution in [1.82, 2.24) is 10.3 Å². The van der Waals surface area contributed by atoms with Gasteiger partial charge in [-0.15, -0.1) is 0 Å². The Balaban J connectivity index is 1.51. The molecule has 0 saturated carbocycles. The number of aromatic nitrogens is 1. The molecule has 0 radical (unpaired) electrons. The van der Waals surface area contributed by atoms with E-state index >= 15 is 0 Å². The van der Waals surface area contributed by atoms with E-state index in [0.29, 0.717) is 34.1 Å². The average Bonchev–Trinajstić information content (AvgIpc) is 2.87. The Morgan fingerprint density at radius 2 is 1.65 bits per heavy atom. The first kappa shape index (κ1) is 23.5. The molecule has 170 valence electrons. The lowest BCUT2D eigenvalue weighted by molar-refractivity contribution is 0.0948. The summed E-state index contributed by atoms with van der Waals surface area (Å²) in [6.45, 7) is 0.384. The van der Waals surface area contributed by atoms with E-state index in [4.69, 9.17) is 23.2 Å². The Morgan fingerprint density at radius 1 is 0.882 bits per heavy atom. The van der Waals surface area contributed by atoms with E-state index in [9.17, 15) is 9.59 Å². The van der Waals surface area contributed by atoms with Crippen molar-refractivity contribution in [1.29, 1.82) is 0 Å². The maximum absolute atomic E-state index is 13.1. The largest absolute Gasteiger partial charge is 0.348 e. The van der Waals surface area contributed by atoms with Crippen molar-refractivity contribution in [2.75, 3.05) is 11.9 Å². The number of hydrogen-bond acceptors (Lipinski definition) is 3. The molecule has 2 amide bonds. The van der Waals surface area contributed by atoms with Crippen molar-refractivity contribution >= 4 is 40.7 Å². The van der Waals surface area contributed by atoms with Gasteiger partial charge in [0, 0.05) is 36.6 Å². The zero-order valence-corrected chi connectivity index (χ0v) is 19.8. The first-order valence-corrected chi connectivity index (χ1v) is 11.3. The van der Waals surface area contributed by atoms with Gasteiger partial charge in [-0.25, -0.2) is 0 Å². The molecular formula is C27H21Cl2N3O2. The minimum Gasteiger partial charge on any atom is -0.348 e. The van der Waals surface area contributed by atoms with Gasteiger partial charge in [-0.1, -0.05) is 59.6 Å². The molecule has 0 aliphatic rings. The Labute approximate surface area is 208 Å². The van der Waals surface area contributed by atoms with Crippen LogP contribution in [0.5, 0.6) is 0 Å². The molecule has 0 aliphatic carbocycles. The molecule has 7 heteroatoms. The number of pyridine rings is 1. The van der Waals surface area contributed by atoms with Gasteiger partial charge in [0.1, 0.15) is 0 Å². The van der Waals surface area contributed by atoms with Crippen LogP contribution in [0, 0.1) is 0 Å². The molecule has 3 aromatic carbocycles. The van der Waals surface area contributed by atoms with Gasteiger partial charge in [0.05, 0.1) is 21.3 Å². The van der Waals surface area contributed by atoms with Gasteiger partial charge in [-0.05, 0) is 54.1 Å². The van der Waals surface area contributed by atoms with E-state index in [1.807, 2.05) is 54.6 Å². The molecule has 1 N–H and O–H groups in total. The number of nitrogens with zero attached hydrogens (tertiary/aromatic N) is 2. The summed E-state index contributed by atoms with van der Waals surface area (Å²) in [6, 6.07) is 25.1.